The number of hydrogen-bond donors (Lipinski definition) is 2. The minimum atomic E-state index is -0.808. The molecule has 8 nitrogen and oxygen atoms in total. The van der Waals surface area contributed by atoms with E-state index in [-0.39, 0.29) is 24.0 Å². The van der Waals surface area contributed by atoms with Gasteiger partial charge in [-0.05, 0) is 19.1 Å². The molecule has 1 amide bonds. The van der Waals surface area contributed by atoms with Crippen molar-refractivity contribution < 1.29 is 28.6 Å². The summed E-state index contributed by atoms with van der Waals surface area (Å²) in [7, 11) is 0. The Morgan fingerprint density at radius 2 is 2.08 bits per heavy atom. The number of hydrogen-bond acceptors (Lipinski definition) is 7. The number of nitrogens with one attached hydrogen (secondary N) is 1. The van der Waals surface area contributed by atoms with Crippen molar-refractivity contribution in [3.05, 3.63) is 36.5 Å². The molecule has 3 rings (SSSR count). The summed E-state index contributed by atoms with van der Waals surface area (Å²) in [5.74, 6) is -1.64. The highest BCUT2D eigenvalue weighted by Gasteiger charge is 2.26. The van der Waals surface area contributed by atoms with Crippen LogP contribution in [0.2, 0.25) is 0 Å². The fourth-order valence-electron chi connectivity index (χ4n) is 2.38. The fraction of sp³-hybridized carbons (Fsp3) is 0.167. The van der Waals surface area contributed by atoms with Gasteiger partial charge in [0.15, 0.2) is 5.76 Å². The number of ether oxygens (including phenoxy) is 2. The number of anilines is 1. The first-order valence-corrected chi connectivity index (χ1v) is 7.82. The zero-order valence-corrected chi connectivity index (χ0v) is 14.1. The van der Waals surface area contributed by atoms with Crippen LogP contribution >= 0.6 is 0 Å². The van der Waals surface area contributed by atoms with Gasteiger partial charge in [0.2, 0.25) is 11.5 Å². The molecular weight excluding hydrogens is 340 g/mol. The van der Waals surface area contributed by atoms with E-state index < -0.39 is 17.8 Å². The van der Waals surface area contributed by atoms with E-state index in [1.54, 1.807) is 13.0 Å². The van der Waals surface area contributed by atoms with E-state index in [9.17, 15) is 14.7 Å². The van der Waals surface area contributed by atoms with Gasteiger partial charge in [0.25, 0.3) is 5.88 Å². The van der Waals surface area contributed by atoms with Crippen LogP contribution in [0, 0.1) is 0 Å². The van der Waals surface area contributed by atoms with Crippen LogP contribution in [-0.2, 0) is 9.53 Å². The largest absolute Gasteiger partial charge is 0.502 e. The van der Waals surface area contributed by atoms with Crippen molar-refractivity contribution in [3.63, 3.8) is 0 Å². The van der Waals surface area contributed by atoms with Crippen molar-refractivity contribution >= 4 is 28.8 Å². The number of aromatic nitrogens is 1. The Kier molecular flexibility index (Phi) is 4.74. The highest BCUT2D eigenvalue weighted by Crippen LogP contribution is 2.46. The lowest BCUT2D eigenvalue weighted by atomic mass is 10.1. The Balaban J connectivity index is 2.06. The van der Waals surface area contributed by atoms with E-state index in [4.69, 9.17) is 13.9 Å². The lowest BCUT2D eigenvalue weighted by Gasteiger charge is -2.04. The van der Waals surface area contributed by atoms with E-state index in [0.29, 0.717) is 5.56 Å². The molecule has 0 unspecified atom stereocenters. The van der Waals surface area contributed by atoms with Crippen LogP contribution in [0.15, 0.2) is 40.9 Å². The van der Waals surface area contributed by atoms with Gasteiger partial charge in [-0.2, -0.15) is 0 Å². The summed E-state index contributed by atoms with van der Waals surface area (Å²) in [5.41, 5.74) is 1.22. The molecule has 0 bridgehead atoms. The molecule has 2 aromatic heterocycles. The third-order valence-electron chi connectivity index (χ3n) is 3.43. The molecule has 0 aliphatic rings. The molecule has 0 spiro atoms. The zero-order chi connectivity index (χ0) is 18.7. The van der Waals surface area contributed by atoms with Gasteiger partial charge in [0.1, 0.15) is 0 Å². The standard InChI is InChI=1S/C18H16N2O6/c1-3-24-18(23)20-17-16(25-10(2)21)14(22)15(26-17)12-8-11-6-4-5-7-13(11)19-9-12/h4-9,22H,3H2,1-2H3,(H,20,23). The number of para-hydroxylation sites is 1. The number of nitrogens with zero attached hydrogens (tertiary/aromatic N) is 1. The highest BCUT2D eigenvalue weighted by molar-refractivity contribution is 5.90. The monoisotopic (exact) mass is 356 g/mol. The maximum Gasteiger partial charge on any atom is 0.414 e. The van der Waals surface area contributed by atoms with Crippen LogP contribution in [0.1, 0.15) is 13.8 Å². The number of aromatic hydroxyl groups is 1. The molecule has 2 N–H and O–H groups in total. The van der Waals surface area contributed by atoms with Crippen molar-refractivity contribution in [2.45, 2.75) is 13.8 Å². The second-order valence-corrected chi connectivity index (χ2v) is 5.29. The number of furan rings is 1. The van der Waals surface area contributed by atoms with Gasteiger partial charge in [-0.25, -0.2) is 4.79 Å². The van der Waals surface area contributed by atoms with Crippen molar-refractivity contribution in [2.75, 3.05) is 11.9 Å². The first-order valence-electron chi connectivity index (χ1n) is 7.82. The molecule has 2 heterocycles. The summed E-state index contributed by atoms with van der Waals surface area (Å²) < 4.78 is 15.3. The van der Waals surface area contributed by atoms with Crippen LogP contribution in [0.25, 0.3) is 22.2 Å². The maximum atomic E-state index is 11.7. The Labute approximate surface area is 148 Å². The van der Waals surface area contributed by atoms with Crippen LogP contribution < -0.4 is 10.1 Å². The number of pyridine rings is 1. The Morgan fingerprint density at radius 3 is 2.81 bits per heavy atom. The van der Waals surface area contributed by atoms with E-state index >= 15 is 0 Å². The fourth-order valence-corrected chi connectivity index (χ4v) is 2.38. The maximum absolute atomic E-state index is 11.7. The van der Waals surface area contributed by atoms with Gasteiger partial charge in [-0.3, -0.25) is 15.1 Å². The summed E-state index contributed by atoms with van der Waals surface area (Å²) in [4.78, 5) is 27.3. The molecule has 0 saturated carbocycles. The highest BCUT2D eigenvalue weighted by atomic mass is 16.6. The van der Waals surface area contributed by atoms with Crippen LogP contribution in [0.3, 0.4) is 0 Å². The van der Waals surface area contributed by atoms with E-state index in [1.165, 1.54) is 6.20 Å². The molecule has 26 heavy (non-hydrogen) atoms. The quantitative estimate of drug-likeness (QED) is 0.686. The normalized spacial score (nSPS) is 10.5. The summed E-state index contributed by atoms with van der Waals surface area (Å²) in [6, 6.07) is 9.18. The first-order chi connectivity index (χ1) is 12.5. The van der Waals surface area contributed by atoms with E-state index in [1.807, 2.05) is 24.3 Å². The van der Waals surface area contributed by atoms with Gasteiger partial charge < -0.3 is 19.0 Å². The minimum Gasteiger partial charge on any atom is -0.502 e. The topological polar surface area (TPSA) is 111 Å². The molecule has 0 aliphatic heterocycles. The molecule has 1 aromatic carbocycles. The molecule has 0 fully saturated rings. The SMILES string of the molecule is CCOC(=O)Nc1oc(-c2cnc3ccccc3c2)c(O)c1OC(C)=O. The van der Waals surface area contributed by atoms with Gasteiger partial charge in [0, 0.05) is 24.1 Å². The summed E-state index contributed by atoms with van der Waals surface area (Å²) >= 11 is 0. The van der Waals surface area contributed by atoms with Gasteiger partial charge in [0.05, 0.1) is 12.1 Å². The Hall–Kier alpha value is -3.55. The molecule has 0 saturated heterocycles. The number of esters is 1. The van der Waals surface area contributed by atoms with E-state index in [2.05, 4.69) is 10.3 Å². The average Bonchev–Trinajstić information content (AvgIpc) is 2.90. The summed E-state index contributed by atoms with van der Waals surface area (Å²) in [6.07, 6.45) is 0.699. The van der Waals surface area contributed by atoms with Crippen LogP contribution in [0.4, 0.5) is 10.7 Å². The van der Waals surface area contributed by atoms with Crippen molar-refractivity contribution in [1.29, 1.82) is 0 Å². The molecule has 0 aliphatic carbocycles. The smallest absolute Gasteiger partial charge is 0.414 e. The number of fused-ring (bicyclic) bond motifs is 1. The number of carbonyl (C=O) groups excluding carboxylic acids is 2. The second-order valence-electron chi connectivity index (χ2n) is 5.29. The minimum absolute atomic E-state index is 0.00583. The van der Waals surface area contributed by atoms with Gasteiger partial charge in [-0.15, -0.1) is 0 Å². The van der Waals surface area contributed by atoms with Crippen molar-refractivity contribution in [1.82, 2.24) is 4.98 Å². The third kappa shape index (κ3) is 3.44. The first kappa shape index (κ1) is 17.3. The van der Waals surface area contributed by atoms with Crippen LogP contribution in [0.5, 0.6) is 11.5 Å². The molecule has 8 heteroatoms. The molecule has 3 aromatic rings. The lowest BCUT2D eigenvalue weighted by Crippen LogP contribution is -2.14. The Bertz CT molecular complexity index is 979. The zero-order valence-electron chi connectivity index (χ0n) is 14.1. The number of rotatable bonds is 4. The Morgan fingerprint density at radius 1 is 1.31 bits per heavy atom. The van der Waals surface area contributed by atoms with Crippen molar-refractivity contribution in [2.24, 2.45) is 0 Å². The number of benzene rings is 1. The number of amides is 1. The average molecular weight is 356 g/mol. The molecular formula is C18H16N2O6. The third-order valence-corrected chi connectivity index (χ3v) is 3.43. The summed E-state index contributed by atoms with van der Waals surface area (Å²) in [6.45, 7) is 2.94. The van der Waals surface area contributed by atoms with Crippen molar-refractivity contribution in [3.8, 4) is 22.8 Å². The second kappa shape index (κ2) is 7.14. The van der Waals surface area contributed by atoms with Gasteiger partial charge >= 0.3 is 12.1 Å². The lowest BCUT2D eigenvalue weighted by molar-refractivity contribution is -0.132. The predicted molar refractivity (Wildman–Crippen MR) is 93.1 cm³/mol. The predicted octanol–water partition coefficient (Wildman–Crippen LogP) is 3.69. The van der Waals surface area contributed by atoms with Gasteiger partial charge in [-0.1, -0.05) is 18.2 Å². The van der Waals surface area contributed by atoms with Crippen LogP contribution in [-0.4, -0.2) is 28.8 Å². The number of carbonyl (C=O) groups is 2. The molecule has 0 atom stereocenters. The summed E-state index contributed by atoms with van der Waals surface area (Å²) in [5, 5.41) is 13.6. The molecule has 134 valence electrons. The van der Waals surface area contributed by atoms with E-state index in [0.717, 1.165) is 17.8 Å². The molecule has 0 radical (unpaired) electrons.